The molecule has 34 heavy (non-hydrogen) atoms. The van der Waals surface area contributed by atoms with E-state index in [4.69, 9.17) is 14.6 Å². The van der Waals surface area contributed by atoms with Gasteiger partial charge in [-0.2, -0.15) is 5.10 Å². The minimum absolute atomic E-state index is 0.0987. The fourth-order valence-electron chi connectivity index (χ4n) is 3.47. The standard InChI is InChI=1S/C28H26N2O4/c1-19-4-11-23(12-5-19)30-24(13-7-21-9-15-26(32)28(17-21)34-3)18-22(29-30)10-6-20-8-14-25(31)27(16-20)33-2/h4-18,31-32H,1-3H3/b10-6+,13-7+. The van der Waals surface area contributed by atoms with Crippen molar-refractivity contribution in [2.24, 2.45) is 0 Å². The lowest BCUT2D eigenvalue weighted by atomic mass is 10.1. The number of nitrogens with zero attached hydrogens (tertiary/aromatic N) is 2. The molecular weight excluding hydrogens is 428 g/mol. The second-order valence-corrected chi connectivity index (χ2v) is 7.77. The van der Waals surface area contributed by atoms with Gasteiger partial charge in [-0.05, 0) is 72.7 Å². The molecule has 0 saturated heterocycles. The molecule has 6 nitrogen and oxygen atoms in total. The first-order valence-electron chi connectivity index (χ1n) is 10.7. The van der Waals surface area contributed by atoms with Gasteiger partial charge in [-0.1, -0.05) is 42.0 Å². The fraction of sp³-hybridized carbons (Fsp3) is 0.107. The molecule has 0 aliphatic heterocycles. The Labute approximate surface area is 198 Å². The van der Waals surface area contributed by atoms with E-state index in [1.165, 1.54) is 19.8 Å². The lowest BCUT2D eigenvalue weighted by Crippen LogP contribution is -1.98. The zero-order valence-electron chi connectivity index (χ0n) is 19.3. The number of benzene rings is 3. The van der Waals surface area contributed by atoms with Crippen molar-refractivity contribution < 1.29 is 19.7 Å². The SMILES string of the molecule is COc1cc(/C=C/c2cc(/C=C/c3ccc(O)c(OC)c3)n(-c3ccc(C)cc3)n2)ccc1O. The molecule has 4 rings (SSSR count). The monoisotopic (exact) mass is 454 g/mol. The quantitative estimate of drug-likeness (QED) is 0.361. The van der Waals surface area contributed by atoms with Crippen LogP contribution in [0.2, 0.25) is 0 Å². The Bertz CT molecular complexity index is 1350. The summed E-state index contributed by atoms with van der Waals surface area (Å²) in [5.41, 5.74) is 5.55. The van der Waals surface area contributed by atoms with Crippen LogP contribution in [-0.4, -0.2) is 34.2 Å². The van der Waals surface area contributed by atoms with E-state index in [0.29, 0.717) is 11.5 Å². The lowest BCUT2D eigenvalue weighted by molar-refractivity contribution is 0.373. The molecule has 0 aliphatic rings. The summed E-state index contributed by atoms with van der Waals surface area (Å²) in [6, 6.07) is 20.5. The van der Waals surface area contributed by atoms with E-state index in [2.05, 4.69) is 0 Å². The Morgan fingerprint density at radius 3 is 1.82 bits per heavy atom. The molecule has 6 heteroatoms. The molecule has 0 radical (unpaired) electrons. The lowest BCUT2D eigenvalue weighted by Gasteiger charge is -2.06. The normalized spacial score (nSPS) is 11.4. The minimum atomic E-state index is 0.0987. The van der Waals surface area contributed by atoms with Crippen LogP contribution < -0.4 is 9.47 Å². The third kappa shape index (κ3) is 5.13. The van der Waals surface area contributed by atoms with Gasteiger partial charge < -0.3 is 19.7 Å². The van der Waals surface area contributed by atoms with Gasteiger partial charge in [0.25, 0.3) is 0 Å². The van der Waals surface area contributed by atoms with E-state index in [-0.39, 0.29) is 11.5 Å². The maximum atomic E-state index is 9.85. The van der Waals surface area contributed by atoms with Gasteiger partial charge in [0.05, 0.1) is 31.3 Å². The van der Waals surface area contributed by atoms with Gasteiger partial charge in [0.1, 0.15) is 0 Å². The third-order valence-electron chi connectivity index (χ3n) is 5.33. The number of hydrogen-bond acceptors (Lipinski definition) is 5. The molecule has 1 heterocycles. The van der Waals surface area contributed by atoms with E-state index in [9.17, 15) is 10.2 Å². The second-order valence-electron chi connectivity index (χ2n) is 7.77. The highest BCUT2D eigenvalue weighted by atomic mass is 16.5. The summed E-state index contributed by atoms with van der Waals surface area (Å²) in [5, 5.41) is 24.4. The molecule has 0 unspecified atom stereocenters. The van der Waals surface area contributed by atoms with Crippen LogP contribution in [0.4, 0.5) is 0 Å². The summed E-state index contributed by atoms with van der Waals surface area (Å²) in [6.45, 7) is 2.05. The van der Waals surface area contributed by atoms with Crippen LogP contribution in [0.25, 0.3) is 30.0 Å². The predicted octanol–water partition coefficient (Wildman–Crippen LogP) is 5.95. The number of rotatable bonds is 7. The first-order chi connectivity index (χ1) is 16.5. The van der Waals surface area contributed by atoms with Crippen molar-refractivity contribution in [1.82, 2.24) is 9.78 Å². The first-order valence-corrected chi connectivity index (χ1v) is 10.7. The van der Waals surface area contributed by atoms with E-state index in [1.807, 2.05) is 78.4 Å². The average Bonchev–Trinajstić information content (AvgIpc) is 3.26. The van der Waals surface area contributed by atoms with Gasteiger partial charge in [-0.15, -0.1) is 0 Å². The molecule has 0 atom stereocenters. The number of phenolic OH excluding ortho intramolecular Hbond substituents is 2. The van der Waals surface area contributed by atoms with Crippen molar-refractivity contribution in [2.45, 2.75) is 6.92 Å². The summed E-state index contributed by atoms with van der Waals surface area (Å²) in [6.07, 6.45) is 7.75. The molecule has 0 bridgehead atoms. The number of hydrogen-bond donors (Lipinski definition) is 2. The predicted molar refractivity (Wildman–Crippen MR) is 135 cm³/mol. The van der Waals surface area contributed by atoms with Crippen molar-refractivity contribution >= 4 is 24.3 Å². The molecule has 3 aromatic carbocycles. The summed E-state index contributed by atoms with van der Waals surface area (Å²) >= 11 is 0. The molecule has 0 amide bonds. The maximum absolute atomic E-state index is 9.85. The van der Waals surface area contributed by atoms with Crippen LogP contribution in [-0.2, 0) is 0 Å². The molecular formula is C28H26N2O4. The zero-order valence-corrected chi connectivity index (χ0v) is 19.3. The minimum Gasteiger partial charge on any atom is -0.504 e. The van der Waals surface area contributed by atoms with Crippen molar-refractivity contribution in [3.8, 4) is 28.7 Å². The van der Waals surface area contributed by atoms with Crippen molar-refractivity contribution in [3.63, 3.8) is 0 Å². The molecule has 0 fully saturated rings. The number of aromatic nitrogens is 2. The van der Waals surface area contributed by atoms with Gasteiger partial charge in [-0.3, -0.25) is 0 Å². The third-order valence-corrected chi connectivity index (χ3v) is 5.33. The Kier molecular flexibility index (Phi) is 6.69. The van der Waals surface area contributed by atoms with Crippen molar-refractivity contribution in [3.05, 3.63) is 94.8 Å². The largest absolute Gasteiger partial charge is 0.504 e. The molecule has 4 aromatic rings. The van der Waals surface area contributed by atoms with Crippen LogP contribution in [0.1, 0.15) is 28.1 Å². The molecule has 172 valence electrons. The Morgan fingerprint density at radius 2 is 1.26 bits per heavy atom. The average molecular weight is 455 g/mol. The highest BCUT2D eigenvalue weighted by molar-refractivity contribution is 5.74. The highest BCUT2D eigenvalue weighted by Gasteiger charge is 2.08. The zero-order chi connectivity index (χ0) is 24.1. The van der Waals surface area contributed by atoms with Crippen LogP contribution in [0.3, 0.4) is 0 Å². The molecule has 0 saturated carbocycles. The Hall–Kier alpha value is -4.45. The van der Waals surface area contributed by atoms with Crippen molar-refractivity contribution in [1.29, 1.82) is 0 Å². The second kappa shape index (κ2) is 10.0. The Morgan fingerprint density at radius 1 is 0.706 bits per heavy atom. The number of ether oxygens (including phenoxy) is 2. The number of methoxy groups -OCH3 is 2. The summed E-state index contributed by atoms with van der Waals surface area (Å²) in [5.74, 6) is 1.03. The highest BCUT2D eigenvalue weighted by Crippen LogP contribution is 2.28. The van der Waals surface area contributed by atoms with Crippen LogP contribution in [0, 0.1) is 6.92 Å². The topological polar surface area (TPSA) is 76.7 Å². The molecule has 0 aliphatic carbocycles. The van der Waals surface area contributed by atoms with Gasteiger partial charge >= 0.3 is 0 Å². The van der Waals surface area contributed by atoms with Gasteiger partial charge in [0, 0.05) is 0 Å². The molecule has 1 aromatic heterocycles. The number of phenols is 2. The molecule has 2 N–H and O–H groups in total. The van der Waals surface area contributed by atoms with Crippen LogP contribution >= 0.6 is 0 Å². The smallest absolute Gasteiger partial charge is 0.161 e. The summed E-state index contributed by atoms with van der Waals surface area (Å²) in [4.78, 5) is 0. The summed E-state index contributed by atoms with van der Waals surface area (Å²) in [7, 11) is 3.05. The van der Waals surface area contributed by atoms with E-state index in [1.54, 1.807) is 24.3 Å². The summed E-state index contributed by atoms with van der Waals surface area (Å²) < 4.78 is 12.3. The molecule has 0 spiro atoms. The van der Waals surface area contributed by atoms with Gasteiger partial charge in [-0.25, -0.2) is 4.68 Å². The van der Waals surface area contributed by atoms with Gasteiger partial charge in [0.15, 0.2) is 23.0 Å². The van der Waals surface area contributed by atoms with Crippen LogP contribution in [0.5, 0.6) is 23.0 Å². The van der Waals surface area contributed by atoms with E-state index >= 15 is 0 Å². The van der Waals surface area contributed by atoms with E-state index < -0.39 is 0 Å². The maximum Gasteiger partial charge on any atom is 0.161 e. The van der Waals surface area contributed by atoms with Gasteiger partial charge in [0.2, 0.25) is 0 Å². The number of aryl methyl sites for hydroxylation is 1. The number of aromatic hydroxyl groups is 2. The van der Waals surface area contributed by atoms with Crippen molar-refractivity contribution in [2.75, 3.05) is 14.2 Å². The Balaban J connectivity index is 1.69. The van der Waals surface area contributed by atoms with Crippen LogP contribution in [0.15, 0.2) is 66.7 Å². The first kappa shape index (κ1) is 22.7. The van der Waals surface area contributed by atoms with E-state index in [0.717, 1.165) is 28.2 Å². The fourth-order valence-corrected chi connectivity index (χ4v) is 3.47.